The smallest absolute Gasteiger partial charge is 0.273 e. The Labute approximate surface area is 103 Å². The molecule has 6 nitrogen and oxygen atoms in total. The average Bonchev–Trinajstić information content (AvgIpc) is 2.37. The van der Waals surface area contributed by atoms with E-state index in [1.807, 2.05) is 0 Å². The molecule has 0 aliphatic rings. The van der Waals surface area contributed by atoms with Crippen molar-refractivity contribution < 1.29 is 9.66 Å². The summed E-state index contributed by atoms with van der Waals surface area (Å²) in [6.45, 7) is 0.214. The molecule has 2 rings (SSSR count). The van der Waals surface area contributed by atoms with Crippen LogP contribution in [0.4, 0.5) is 11.4 Å². The molecule has 0 spiro atoms. The Morgan fingerprint density at radius 1 is 1.33 bits per heavy atom. The second-order valence-corrected chi connectivity index (χ2v) is 3.62. The first-order valence-electron chi connectivity index (χ1n) is 5.23. The lowest BCUT2D eigenvalue weighted by Crippen LogP contribution is -1.99. The maximum Gasteiger partial charge on any atom is 0.273 e. The maximum absolute atomic E-state index is 10.6. The zero-order valence-electron chi connectivity index (χ0n) is 9.45. The maximum atomic E-state index is 10.6. The number of nitro benzene ring substituents is 1. The quantitative estimate of drug-likeness (QED) is 0.658. The molecule has 1 aromatic heterocycles. The molecule has 92 valence electrons. The molecule has 0 radical (unpaired) electrons. The van der Waals surface area contributed by atoms with Crippen molar-refractivity contribution in [3.05, 3.63) is 58.4 Å². The number of ether oxygens (including phenoxy) is 1. The van der Waals surface area contributed by atoms with Crippen LogP contribution < -0.4 is 10.5 Å². The molecular weight excluding hydrogens is 234 g/mol. The Balaban J connectivity index is 2.06. The summed E-state index contributed by atoms with van der Waals surface area (Å²) in [7, 11) is 0. The van der Waals surface area contributed by atoms with Crippen LogP contribution in [0.25, 0.3) is 0 Å². The van der Waals surface area contributed by atoms with Crippen LogP contribution in [0.5, 0.6) is 5.75 Å². The lowest BCUT2D eigenvalue weighted by Gasteiger charge is -2.05. The van der Waals surface area contributed by atoms with Gasteiger partial charge in [-0.2, -0.15) is 0 Å². The number of hydrogen-bond acceptors (Lipinski definition) is 5. The van der Waals surface area contributed by atoms with Gasteiger partial charge in [-0.15, -0.1) is 0 Å². The van der Waals surface area contributed by atoms with Gasteiger partial charge in [0.2, 0.25) is 0 Å². The fraction of sp³-hybridized carbons (Fsp3) is 0.0833. The lowest BCUT2D eigenvalue weighted by molar-refractivity contribution is -0.384. The van der Waals surface area contributed by atoms with Gasteiger partial charge >= 0.3 is 0 Å². The number of nitro groups is 1. The van der Waals surface area contributed by atoms with E-state index in [4.69, 9.17) is 10.5 Å². The van der Waals surface area contributed by atoms with E-state index in [-0.39, 0.29) is 12.3 Å². The van der Waals surface area contributed by atoms with Crippen LogP contribution in [0.3, 0.4) is 0 Å². The van der Waals surface area contributed by atoms with Gasteiger partial charge in [0.1, 0.15) is 12.4 Å². The van der Waals surface area contributed by atoms with Gasteiger partial charge in [-0.25, -0.2) is 0 Å². The van der Waals surface area contributed by atoms with Crippen molar-refractivity contribution in [2.75, 3.05) is 5.73 Å². The number of pyridine rings is 1. The van der Waals surface area contributed by atoms with Crippen molar-refractivity contribution in [2.45, 2.75) is 6.61 Å². The molecule has 0 aliphatic heterocycles. The van der Waals surface area contributed by atoms with E-state index in [1.165, 1.54) is 12.1 Å². The minimum Gasteiger partial charge on any atom is -0.487 e. The van der Waals surface area contributed by atoms with E-state index in [0.29, 0.717) is 17.1 Å². The van der Waals surface area contributed by atoms with E-state index >= 15 is 0 Å². The van der Waals surface area contributed by atoms with Crippen LogP contribution in [0.15, 0.2) is 42.6 Å². The van der Waals surface area contributed by atoms with Gasteiger partial charge in [0.15, 0.2) is 0 Å². The molecule has 6 heteroatoms. The molecule has 0 saturated heterocycles. The molecule has 1 heterocycles. The van der Waals surface area contributed by atoms with Crippen LogP contribution in [0.2, 0.25) is 0 Å². The Morgan fingerprint density at radius 3 is 2.89 bits per heavy atom. The number of nitrogens with two attached hydrogens (primary N) is 1. The summed E-state index contributed by atoms with van der Waals surface area (Å²) in [5.74, 6) is 0.424. The SMILES string of the molecule is Nc1ccnc(COc2cccc([N+](=O)[O-])c2)c1. The molecule has 0 aliphatic carbocycles. The van der Waals surface area contributed by atoms with Crippen LogP contribution >= 0.6 is 0 Å². The predicted octanol–water partition coefficient (Wildman–Crippen LogP) is 2.15. The van der Waals surface area contributed by atoms with Crippen molar-refractivity contribution in [2.24, 2.45) is 0 Å². The molecular formula is C12H11N3O3. The fourth-order valence-corrected chi connectivity index (χ4v) is 1.42. The number of aromatic nitrogens is 1. The predicted molar refractivity (Wildman–Crippen MR) is 66.1 cm³/mol. The van der Waals surface area contributed by atoms with E-state index in [1.54, 1.807) is 30.5 Å². The van der Waals surface area contributed by atoms with Gasteiger partial charge in [0.05, 0.1) is 16.7 Å². The minimum atomic E-state index is -0.467. The number of nitrogens with zero attached hydrogens (tertiary/aromatic N) is 2. The summed E-state index contributed by atoms with van der Waals surface area (Å²) < 4.78 is 5.42. The van der Waals surface area contributed by atoms with Gasteiger partial charge in [0.25, 0.3) is 5.69 Å². The number of rotatable bonds is 4. The average molecular weight is 245 g/mol. The van der Waals surface area contributed by atoms with Crippen molar-refractivity contribution >= 4 is 11.4 Å². The lowest BCUT2D eigenvalue weighted by atomic mass is 10.3. The number of benzene rings is 1. The molecule has 2 aromatic rings. The van der Waals surface area contributed by atoms with E-state index in [0.717, 1.165) is 0 Å². The Bertz CT molecular complexity index is 572. The van der Waals surface area contributed by atoms with Crippen LogP contribution in [0.1, 0.15) is 5.69 Å². The third kappa shape index (κ3) is 2.94. The van der Waals surface area contributed by atoms with Gasteiger partial charge in [-0.3, -0.25) is 15.1 Å². The third-order valence-corrected chi connectivity index (χ3v) is 2.26. The van der Waals surface area contributed by atoms with Crippen molar-refractivity contribution in [3.8, 4) is 5.75 Å². The highest BCUT2D eigenvalue weighted by Crippen LogP contribution is 2.20. The fourth-order valence-electron chi connectivity index (χ4n) is 1.42. The largest absolute Gasteiger partial charge is 0.487 e. The second-order valence-electron chi connectivity index (χ2n) is 3.62. The monoisotopic (exact) mass is 245 g/mol. The minimum absolute atomic E-state index is 0.00645. The number of non-ortho nitro benzene ring substituents is 1. The molecule has 0 amide bonds. The van der Waals surface area contributed by atoms with Gasteiger partial charge in [-0.1, -0.05) is 6.07 Å². The Kier molecular flexibility index (Phi) is 3.38. The molecule has 0 bridgehead atoms. The molecule has 0 atom stereocenters. The van der Waals surface area contributed by atoms with Gasteiger partial charge < -0.3 is 10.5 Å². The molecule has 1 aromatic carbocycles. The highest BCUT2D eigenvalue weighted by atomic mass is 16.6. The highest BCUT2D eigenvalue weighted by Gasteiger charge is 2.06. The third-order valence-electron chi connectivity index (χ3n) is 2.26. The summed E-state index contributed by atoms with van der Waals surface area (Å²) >= 11 is 0. The first kappa shape index (κ1) is 11.8. The van der Waals surface area contributed by atoms with Gasteiger partial charge in [0, 0.05) is 18.0 Å². The van der Waals surface area contributed by atoms with Crippen LogP contribution in [0, 0.1) is 10.1 Å². The van der Waals surface area contributed by atoms with E-state index < -0.39 is 4.92 Å². The molecule has 18 heavy (non-hydrogen) atoms. The molecule has 0 saturated carbocycles. The first-order valence-corrected chi connectivity index (χ1v) is 5.23. The molecule has 2 N–H and O–H groups in total. The summed E-state index contributed by atoms with van der Waals surface area (Å²) in [5, 5.41) is 10.6. The second kappa shape index (κ2) is 5.13. The summed E-state index contributed by atoms with van der Waals surface area (Å²) in [5.41, 5.74) is 6.87. The van der Waals surface area contributed by atoms with Crippen molar-refractivity contribution in [1.29, 1.82) is 0 Å². The van der Waals surface area contributed by atoms with E-state index in [2.05, 4.69) is 4.98 Å². The summed E-state index contributed by atoms with van der Waals surface area (Å²) in [6, 6.07) is 9.37. The highest BCUT2D eigenvalue weighted by molar-refractivity contribution is 5.39. The normalized spacial score (nSPS) is 10.0. The van der Waals surface area contributed by atoms with Crippen LogP contribution in [-0.4, -0.2) is 9.91 Å². The summed E-state index contributed by atoms with van der Waals surface area (Å²) in [4.78, 5) is 14.2. The Hall–Kier alpha value is -2.63. The topological polar surface area (TPSA) is 91.3 Å². The zero-order valence-corrected chi connectivity index (χ0v) is 9.45. The van der Waals surface area contributed by atoms with Crippen molar-refractivity contribution in [1.82, 2.24) is 4.98 Å². The molecule has 0 fully saturated rings. The molecule has 0 unspecified atom stereocenters. The van der Waals surface area contributed by atoms with E-state index in [9.17, 15) is 10.1 Å². The van der Waals surface area contributed by atoms with Crippen molar-refractivity contribution in [3.63, 3.8) is 0 Å². The zero-order chi connectivity index (χ0) is 13.0. The summed E-state index contributed by atoms with van der Waals surface area (Å²) in [6.07, 6.45) is 1.58. The number of anilines is 1. The van der Waals surface area contributed by atoms with Gasteiger partial charge in [-0.05, 0) is 18.2 Å². The first-order chi connectivity index (χ1) is 8.65. The standard InChI is InChI=1S/C12H11N3O3/c13-9-4-5-14-10(6-9)8-18-12-3-1-2-11(7-12)15(16)17/h1-7H,8H2,(H2,13,14). The number of hydrogen-bond donors (Lipinski definition) is 1. The number of nitrogen functional groups attached to an aromatic ring is 1. The van der Waals surface area contributed by atoms with Crippen LogP contribution in [-0.2, 0) is 6.61 Å². The Morgan fingerprint density at radius 2 is 2.17 bits per heavy atom.